The number of fused-ring (bicyclic) bond motifs is 1. The number of carbonyl (C=O) groups excluding carboxylic acids is 2. The molecule has 144 valence electrons. The molecular weight excluding hydrogens is 368 g/mol. The van der Waals surface area contributed by atoms with Crippen LogP contribution in [0.5, 0.6) is 5.75 Å². The second kappa shape index (κ2) is 7.02. The highest BCUT2D eigenvalue weighted by Gasteiger charge is 2.19. The van der Waals surface area contributed by atoms with Gasteiger partial charge in [-0.15, -0.1) is 0 Å². The second-order valence-corrected chi connectivity index (χ2v) is 6.23. The van der Waals surface area contributed by atoms with E-state index in [-0.39, 0.29) is 36.7 Å². The number of nitrogens with one attached hydrogen (secondary N) is 3. The van der Waals surface area contributed by atoms with Crippen molar-refractivity contribution < 1.29 is 18.8 Å². The van der Waals surface area contributed by atoms with Gasteiger partial charge in [-0.25, -0.2) is 4.79 Å². The molecule has 0 aliphatic carbocycles. The van der Waals surface area contributed by atoms with Gasteiger partial charge in [-0.3, -0.25) is 23.8 Å². The maximum absolute atomic E-state index is 12.5. The molecule has 0 saturated heterocycles. The number of anilines is 1. The second-order valence-electron chi connectivity index (χ2n) is 6.23. The summed E-state index contributed by atoms with van der Waals surface area (Å²) >= 11 is 0. The van der Waals surface area contributed by atoms with E-state index >= 15 is 0 Å². The Hall–Kier alpha value is -3.89. The van der Waals surface area contributed by atoms with Crippen LogP contribution in [0.1, 0.15) is 34.8 Å². The topological polar surface area (TPSA) is 144 Å². The highest BCUT2D eigenvalue weighted by molar-refractivity contribution is 5.95. The van der Waals surface area contributed by atoms with Gasteiger partial charge in [0.15, 0.2) is 12.4 Å². The van der Waals surface area contributed by atoms with Crippen molar-refractivity contribution >= 4 is 17.5 Å². The summed E-state index contributed by atoms with van der Waals surface area (Å²) in [6.07, 6.45) is 1.60. The summed E-state index contributed by atoms with van der Waals surface area (Å²) < 4.78 is 11.2. The largest absolute Gasteiger partial charge is 0.482 e. The molecule has 0 bridgehead atoms. The van der Waals surface area contributed by atoms with Gasteiger partial charge in [-0.2, -0.15) is 5.10 Å². The third kappa shape index (κ3) is 3.63. The molecule has 1 aliphatic rings. The summed E-state index contributed by atoms with van der Waals surface area (Å²) in [5, 5.41) is 13.3. The Labute approximate surface area is 157 Å². The Balaban J connectivity index is 1.43. The number of hydrogen-bond acceptors (Lipinski definition) is 7. The highest BCUT2D eigenvalue weighted by atomic mass is 16.5. The number of ether oxygens (including phenoxy) is 1. The zero-order valence-electron chi connectivity index (χ0n) is 14.8. The van der Waals surface area contributed by atoms with Crippen molar-refractivity contribution in [2.75, 3.05) is 11.9 Å². The Morgan fingerprint density at radius 3 is 3.00 bits per heavy atom. The van der Waals surface area contributed by atoms with Crippen LogP contribution in [-0.2, 0) is 11.3 Å². The van der Waals surface area contributed by atoms with Gasteiger partial charge in [-0.1, -0.05) is 11.2 Å². The molecule has 1 aromatic carbocycles. The average Bonchev–Trinajstić information content (AvgIpc) is 3.30. The van der Waals surface area contributed by atoms with E-state index in [0.29, 0.717) is 17.3 Å². The number of benzene rings is 1. The molecule has 2 aromatic heterocycles. The van der Waals surface area contributed by atoms with Gasteiger partial charge in [0.25, 0.3) is 11.8 Å². The monoisotopic (exact) mass is 384 g/mol. The fraction of sp³-hybridized carbons (Fsp3) is 0.235. The van der Waals surface area contributed by atoms with Gasteiger partial charge in [0, 0.05) is 6.20 Å². The summed E-state index contributed by atoms with van der Waals surface area (Å²) in [5.74, 6) is -0.350. The quantitative estimate of drug-likeness (QED) is 0.578. The maximum Gasteiger partial charge on any atom is 0.438 e. The zero-order valence-corrected chi connectivity index (χ0v) is 14.8. The third-order valence-corrected chi connectivity index (χ3v) is 4.15. The molecule has 11 nitrogen and oxygen atoms in total. The molecule has 3 heterocycles. The van der Waals surface area contributed by atoms with E-state index in [1.54, 1.807) is 24.4 Å². The smallest absolute Gasteiger partial charge is 0.438 e. The fourth-order valence-electron chi connectivity index (χ4n) is 2.78. The van der Waals surface area contributed by atoms with E-state index in [9.17, 15) is 14.4 Å². The molecule has 11 heteroatoms. The van der Waals surface area contributed by atoms with Crippen molar-refractivity contribution in [3.8, 4) is 5.75 Å². The van der Waals surface area contributed by atoms with Crippen molar-refractivity contribution in [1.29, 1.82) is 0 Å². The summed E-state index contributed by atoms with van der Waals surface area (Å²) in [6.45, 7) is 1.98. The van der Waals surface area contributed by atoms with Crippen LogP contribution < -0.4 is 21.1 Å². The lowest BCUT2D eigenvalue weighted by atomic mass is 10.1. The molecule has 3 aromatic rings. The first-order valence-electron chi connectivity index (χ1n) is 8.44. The van der Waals surface area contributed by atoms with Gasteiger partial charge in [-0.05, 0) is 30.7 Å². The predicted molar refractivity (Wildman–Crippen MR) is 94.9 cm³/mol. The Morgan fingerprint density at radius 2 is 2.21 bits per heavy atom. The van der Waals surface area contributed by atoms with Crippen LogP contribution in [0.2, 0.25) is 0 Å². The van der Waals surface area contributed by atoms with Crippen molar-refractivity contribution in [2.24, 2.45) is 0 Å². The number of H-pyrrole nitrogens is 1. The summed E-state index contributed by atoms with van der Waals surface area (Å²) in [6, 6.07) is 6.56. The number of nitrogens with zero attached hydrogens (tertiary/aromatic N) is 3. The molecular formula is C17H16N6O5. The Morgan fingerprint density at radius 1 is 1.36 bits per heavy atom. The van der Waals surface area contributed by atoms with Gasteiger partial charge in [0.1, 0.15) is 18.0 Å². The van der Waals surface area contributed by atoms with Crippen LogP contribution in [-0.4, -0.2) is 38.3 Å². The number of carbonyl (C=O) groups is 2. The number of aromatic nitrogens is 4. The van der Waals surface area contributed by atoms with E-state index in [1.165, 1.54) is 4.68 Å². The molecule has 28 heavy (non-hydrogen) atoms. The van der Waals surface area contributed by atoms with Crippen LogP contribution in [0.4, 0.5) is 5.69 Å². The molecule has 1 aliphatic heterocycles. The van der Waals surface area contributed by atoms with E-state index < -0.39 is 5.76 Å². The van der Waals surface area contributed by atoms with E-state index in [0.717, 1.165) is 5.56 Å². The number of amides is 2. The number of hydrogen-bond donors (Lipinski definition) is 3. The van der Waals surface area contributed by atoms with Crippen LogP contribution in [0, 0.1) is 0 Å². The lowest BCUT2D eigenvalue weighted by molar-refractivity contribution is -0.118. The summed E-state index contributed by atoms with van der Waals surface area (Å²) in [5.41, 5.74) is 1.59. The zero-order chi connectivity index (χ0) is 19.7. The summed E-state index contributed by atoms with van der Waals surface area (Å²) in [7, 11) is 0. The maximum atomic E-state index is 12.5. The number of rotatable bonds is 5. The SMILES string of the molecule is CC(NC(=O)c1ccn(Cc2noc(=O)[nH]2)n1)c1ccc2c(c1)NC(=O)CO2. The Kier molecular flexibility index (Phi) is 4.39. The van der Waals surface area contributed by atoms with Crippen molar-refractivity contribution in [3.63, 3.8) is 0 Å². The van der Waals surface area contributed by atoms with Gasteiger partial charge < -0.3 is 15.4 Å². The summed E-state index contributed by atoms with van der Waals surface area (Å²) in [4.78, 5) is 37.3. The normalized spacial score (nSPS) is 14.0. The van der Waals surface area contributed by atoms with Crippen molar-refractivity contribution in [3.05, 3.63) is 58.1 Å². The van der Waals surface area contributed by atoms with Crippen LogP contribution in [0.3, 0.4) is 0 Å². The van der Waals surface area contributed by atoms with Crippen LogP contribution in [0.15, 0.2) is 39.8 Å². The first kappa shape index (κ1) is 17.5. The van der Waals surface area contributed by atoms with Crippen molar-refractivity contribution in [1.82, 2.24) is 25.2 Å². The first-order valence-corrected chi connectivity index (χ1v) is 8.44. The molecule has 0 fully saturated rings. The van der Waals surface area contributed by atoms with Crippen LogP contribution in [0.25, 0.3) is 0 Å². The van der Waals surface area contributed by atoms with Crippen molar-refractivity contribution in [2.45, 2.75) is 19.5 Å². The molecule has 2 amide bonds. The van der Waals surface area contributed by atoms with Gasteiger partial charge in [0.2, 0.25) is 0 Å². The van der Waals surface area contributed by atoms with E-state index in [1.807, 2.05) is 13.0 Å². The minimum absolute atomic E-state index is 0.0104. The standard InChI is InChI=1S/C17H16N6O5/c1-9(10-2-3-13-12(6-10)19-15(24)8-27-13)18-16(25)11-4-5-23(21-11)7-14-20-17(26)28-22-14/h2-6,9H,7-8H2,1H3,(H,18,25)(H,19,24)(H,20,22,26). The molecule has 1 atom stereocenters. The number of aromatic amines is 1. The molecule has 0 saturated carbocycles. The molecule has 0 radical (unpaired) electrons. The molecule has 0 spiro atoms. The molecule has 3 N–H and O–H groups in total. The molecule has 4 rings (SSSR count). The fourth-order valence-corrected chi connectivity index (χ4v) is 2.78. The van der Waals surface area contributed by atoms with Gasteiger partial charge >= 0.3 is 5.76 Å². The lowest BCUT2D eigenvalue weighted by Crippen LogP contribution is -2.28. The third-order valence-electron chi connectivity index (χ3n) is 4.15. The highest BCUT2D eigenvalue weighted by Crippen LogP contribution is 2.30. The Bertz CT molecular complexity index is 1100. The van der Waals surface area contributed by atoms with Crippen LogP contribution >= 0.6 is 0 Å². The minimum atomic E-state index is -0.652. The van der Waals surface area contributed by atoms with E-state index in [2.05, 4.69) is 30.4 Å². The van der Waals surface area contributed by atoms with E-state index in [4.69, 9.17) is 4.74 Å². The lowest BCUT2D eigenvalue weighted by Gasteiger charge is -2.20. The average molecular weight is 384 g/mol. The van der Waals surface area contributed by atoms with Gasteiger partial charge in [0.05, 0.1) is 11.7 Å². The minimum Gasteiger partial charge on any atom is -0.482 e. The first-order chi connectivity index (χ1) is 13.5. The predicted octanol–water partition coefficient (Wildman–Crippen LogP) is 0.430. The molecule has 1 unspecified atom stereocenters.